The SMILES string of the molecule is CN(C)S(=O)(=O)c1ccc(N(CC(=O)N2CCc3cc(S(=O)(=O)N(C)C)ccc32)S(C)(=O)=O)cc1. The van der Waals surface area contributed by atoms with E-state index < -0.39 is 42.5 Å². The lowest BCUT2D eigenvalue weighted by Gasteiger charge is -2.25. The van der Waals surface area contributed by atoms with Gasteiger partial charge in [0.15, 0.2) is 0 Å². The molecule has 0 N–H and O–H groups in total. The predicted molar refractivity (Wildman–Crippen MR) is 133 cm³/mol. The summed E-state index contributed by atoms with van der Waals surface area (Å²) in [6, 6.07) is 9.72. The van der Waals surface area contributed by atoms with Gasteiger partial charge in [0.05, 0.1) is 21.7 Å². The Balaban J connectivity index is 1.88. The van der Waals surface area contributed by atoms with Gasteiger partial charge in [0, 0.05) is 40.4 Å². The molecule has 14 heteroatoms. The second-order valence-electron chi connectivity index (χ2n) is 8.42. The number of carbonyl (C=O) groups is 1. The molecule has 1 aliphatic heterocycles. The molecule has 0 atom stereocenters. The Morgan fingerprint density at radius 2 is 1.34 bits per heavy atom. The van der Waals surface area contributed by atoms with Crippen LogP contribution in [0.15, 0.2) is 52.3 Å². The molecule has 0 aromatic heterocycles. The van der Waals surface area contributed by atoms with E-state index in [-0.39, 0.29) is 22.0 Å². The summed E-state index contributed by atoms with van der Waals surface area (Å²) in [6.45, 7) is -0.229. The third-order valence-electron chi connectivity index (χ3n) is 5.61. The summed E-state index contributed by atoms with van der Waals surface area (Å²) in [5, 5.41) is 0. The van der Waals surface area contributed by atoms with E-state index in [9.17, 15) is 30.0 Å². The minimum Gasteiger partial charge on any atom is -0.310 e. The van der Waals surface area contributed by atoms with E-state index in [0.29, 0.717) is 17.7 Å². The molecule has 2 aromatic rings. The fourth-order valence-electron chi connectivity index (χ4n) is 3.61. The van der Waals surface area contributed by atoms with Crippen molar-refractivity contribution in [2.75, 3.05) is 56.7 Å². The molecule has 0 radical (unpaired) electrons. The molecule has 1 amide bonds. The van der Waals surface area contributed by atoms with Crippen molar-refractivity contribution in [3.05, 3.63) is 48.0 Å². The highest BCUT2D eigenvalue weighted by molar-refractivity contribution is 7.92. The molecule has 3 rings (SSSR count). The lowest BCUT2D eigenvalue weighted by Crippen LogP contribution is -2.42. The maximum atomic E-state index is 13.1. The van der Waals surface area contributed by atoms with Crippen molar-refractivity contribution in [3.63, 3.8) is 0 Å². The minimum atomic E-state index is -3.88. The van der Waals surface area contributed by atoms with Gasteiger partial charge in [0.2, 0.25) is 36.0 Å². The maximum absolute atomic E-state index is 13.1. The van der Waals surface area contributed by atoms with Crippen molar-refractivity contribution in [2.45, 2.75) is 16.2 Å². The molecular weight excluding hydrogens is 516 g/mol. The van der Waals surface area contributed by atoms with Crippen molar-refractivity contribution < 1.29 is 30.0 Å². The van der Waals surface area contributed by atoms with E-state index in [4.69, 9.17) is 0 Å². The van der Waals surface area contributed by atoms with Gasteiger partial charge in [-0.1, -0.05) is 0 Å². The van der Waals surface area contributed by atoms with Gasteiger partial charge in [0.1, 0.15) is 6.54 Å². The van der Waals surface area contributed by atoms with Gasteiger partial charge in [-0.05, 0) is 54.4 Å². The predicted octanol–water partition coefficient (Wildman–Crippen LogP) is 0.543. The van der Waals surface area contributed by atoms with Crippen LogP contribution in [0.25, 0.3) is 0 Å². The third-order valence-corrected chi connectivity index (χ3v) is 10.4. The first-order valence-electron chi connectivity index (χ1n) is 10.4. The number of rotatable bonds is 8. The Morgan fingerprint density at radius 1 is 0.829 bits per heavy atom. The summed E-state index contributed by atoms with van der Waals surface area (Å²) in [7, 11) is -5.58. The number of carbonyl (C=O) groups excluding carboxylic acids is 1. The zero-order valence-corrected chi connectivity index (χ0v) is 22.5. The molecule has 0 bridgehead atoms. The van der Waals surface area contributed by atoms with Crippen LogP contribution in [0.3, 0.4) is 0 Å². The smallest absolute Gasteiger partial charge is 0.247 e. The molecule has 2 aromatic carbocycles. The quantitative estimate of drug-likeness (QED) is 0.474. The van der Waals surface area contributed by atoms with Gasteiger partial charge >= 0.3 is 0 Å². The van der Waals surface area contributed by atoms with Crippen molar-refractivity contribution >= 4 is 47.4 Å². The number of sulfonamides is 3. The number of nitrogens with zero attached hydrogens (tertiary/aromatic N) is 4. The number of fused-ring (bicyclic) bond motifs is 1. The van der Waals surface area contributed by atoms with Gasteiger partial charge in [0.25, 0.3) is 0 Å². The zero-order valence-electron chi connectivity index (χ0n) is 20.0. The topological polar surface area (TPSA) is 132 Å². The van der Waals surface area contributed by atoms with Gasteiger partial charge in [-0.25, -0.2) is 33.9 Å². The molecule has 0 saturated carbocycles. The molecule has 0 fully saturated rings. The van der Waals surface area contributed by atoms with Crippen LogP contribution in [0, 0.1) is 0 Å². The fraction of sp³-hybridized carbons (Fsp3) is 0.381. The van der Waals surface area contributed by atoms with Crippen LogP contribution in [-0.2, 0) is 41.3 Å². The minimum absolute atomic E-state index is 0.0111. The van der Waals surface area contributed by atoms with Crippen LogP contribution in [0.5, 0.6) is 0 Å². The van der Waals surface area contributed by atoms with Crippen LogP contribution in [0.1, 0.15) is 5.56 Å². The average Bonchev–Trinajstić information content (AvgIpc) is 3.20. The number of benzene rings is 2. The number of anilines is 2. The molecule has 192 valence electrons. The Labute approximate surface area is 206 Å². The third kappa shape index (κ3) is 5.35. The lowest BCUT2D eigenvalue weighted by molar-refractivity contribution is -0.117. The number of hydrogen-bond acceptors (Lipinski definition) is 7. The van der Waals surface area contributed by atoms with E-state index in [1.807, 2.05) is 0 Å². The van der Waals surface area contributed by atoms with E-state index in [2.05, 4.69) is 0 Å². The van der Waals surface area contributed by atoms with Crippen molar-refractivity contribution in [1.82, 2.24) is 8.61 Å². The largest absolute Gasteiger partial charge is 0.310 e. The lowest BCUT2D eigenvalue weighted by atomic mass is 10.2. The van der Waals surface area contributed by atoms with Crippen molar-refractivity contribution in [2.24, 2.45) is 0 Å². The van der Waals surface area contributed by atoms with Crippen LogP contribution in [0.4, 0.5) is 11.4 Å². The first kappa shape index (κ1) is 27.1. The summed E-state index contributed by atoms with van der Waals surface area (Å²) < 4.78 is 77.5. The van der Waals surface area contributed by atoms with Gasteiger partial charge in [-0.2, -0.15) is 0 Å². The fourth-order valence-corrected chi connectivity index (χ4v) is 6.32. The van der Waals surface area contributed by atoms with Crippen molar-refractivity contribution in [1.29, 1.82) is 0 Å². The van der Waals surface area contributed by atoms with Gasteiger partial charge in [-0.3, -0.25) is 9.10 Å². The first-order chi connectivity index (χ1) is 16.1. The normalized spacial score (nSPS) is 14.4. The molecule has 1 aliphatic rings. The molecule has 0 spiro atoms. The number of hydrogen-bond donors (Lipinski definition) is 0. The first-order valence-corrected chi connectivity index (χ1v) is 15.2. The van der Waals surface area contributed by atoms with E-state index in [1.165, 1.54) is 69.5 Å². The Hall–Kier alpha value is -2.52. The monoisotopic (exact) mass is 544 g/mol. The highest BCUT2D eigenvalue weighted by Crippen LogP contribution is 2.31. The highest BCUT2D eigenvalue weighted by Gasteiger charge is 2.30. The highest BCUT2D eigenvalue weighted by atomic mass is 32.2. The second-order valence-corrected chi connectivity index (χ2v) is 14.6. The Kier molecular flexibility index (Phi) is 7.35. The molecule has 0 unspecified atom stereocenters. The standard InChI is InChI=1S/C21H28N4O7S3/c1-22(2)34(29,30)18-8-6-17(7-9-18)25(33(5,27)28)15-21(26)24-13-12-16-14-19(10-11-20(16)24)35(31,32)23(3)4/h6-11,14H,12-13,15H2,1-5H3. The molecule has 35 heavy (non-hydrogen) atoms. The average molecular weight is 545 g/mol. The van der Waals surface area contributed by atoms with E-state index in [0.717, 1.165) is 19.2 Å². The molecule has 0 saturated heterocycles. The maximum Gasteiger partial charge on any atom is 0.247 e. The molecule has 1 heterocycles. The summed E-state index contributed by atoms with van der Waals surface area (Å²) in [6.07, 6.45) is 1.38. The van der Waals surface area contributed by atoms with Crippen LogP contribution >= 0.6 is 0 Å². The number of amides is 1. The summed E-state index contributed by atoms with van der Waals surface area (Å²) >= 11 is 0. The second kappa shape index (κ2) is 9.50. The van der Waals surface area contributed by atoms with Crippen LogP contribution in [0.2, 0.25) is 0 Å². The molecular formula is C21H28N4O7S3. The van der Waals surface area contributed by atoms with Gasteiger partial charge in [-0.15, -0.1) is 0 Å². The molecule has 0 aliphatic carbocycles. The van der Waals surface area contributed by atoms with E-state index >= 15 is 0 Å². The summed E-state index contributed by atoms with van der Waals surface area (Å²) in [4.78, 5) is 14.7. The molecule has 11 nitrogen and oxygen atoms in total. The Morgan fingerprint density at radius 3 is 1.86 bits per heavy atom. The van der Waals surface area contributed by atoms with E-state index in [1.54, 1.807) is 6.07 Å². The van der Waals surface area contributed by atoms with Gasteiger partial charge < -0.3 is 4.90 Å². The zero-order chi connectivity index (χ0) is 26.3. The van der Waals surface area contributed by atoms with Crippen LogP contribution < -0.4 is 9.21 Å². The summed E-state index contributed by atoms with van der Waals surface area (Å²) in [5.41, 5.74) is 1.34. The Bertz CT molecular complexity index is 1450. The summed E-state index contributed by atoms with van der Waals surface area (Å²) in [5.74, 6) is -0.498. The van der Waals surface area contributed by atoms with Crippen molar-refractivity contribution in [3.8, 4) is 0 Å². The van der Waals surface area contributed by atoms with Crippen LogP contribution in [-0.4, -0.2) is 87.3 Å².